The van der Waals surface area contributed by atoms with Gasteiger partial charge in [0.2, 0.25) is 0 Å². The van der Waals surface area contributed by atoms with Crippen LogP contribution in [0.25, 0.3) is 5.52 Å². The molecule has 2 aromatic heterocycles. The third kappa shape index (κ3) is 2.14. The summed E-state index contributed by atoms with van der Waals surface area (Å²) in [5.74, 6) is -0.799. The van der Waals surface area contributed by atoms with E-state index in [1.807, 2.05) is 6.92 Å². The zero-order valence-corrected chi connectivity index (χ0v) is 10.7. The van der Waals surface area contributed by atoms with Gasteiger partial charge in [-0.3, -0.25) is 9.59 Å². The lowest BCUT2D eigenvalue weighted by Crippen LogP contribution is -2.26. The summed E-state index contributed by atoms with van der Waals surface area (Å²) < 4.78 is 3.16. The van der Waals surface area contributed by atoms with Crippen LogP contribution >= 0.6 is 0 Å². The molecule has 2 aromatic rings. The lowest BCUT2D eigenvalue weighted by molar-refractivity contribution is -0.138. The minimum atomic E-state index is -0.799. The molecular weight excluding hydrogens is 246 g/mol. The summed E-state index contributed by atoms with van der Waals surface area (Å²) >= 11 is 0. The molecule has 0 bridgehead atoms. The maximum Gasteiger partial charge on any atom is 0.303 e. The zero-order chi connectivity index (χ0) is 13.6. The largest absolute Gasteiger partial charge is 0.481 e. The van der Waals surface area contributed by atoms with Crippen molar-refractivity contribution in [3.05, 3.63) is 34.5 Å². The first-order valence-corrected chi connectivity index (χ1v) is 6.26. The van der Waals surface area contributed by atoms with Crippen LogP contribution in [0.5, 0.6) is 0 Å². The van der Waals surface area contributed by atoms with Gasteiger partial charge in [-0.15, -0.1) is 0 Å². The molecule has 1 saturated carbocycles. The van der Waals surface area contributed by atoms with Gasteiger partial charge in [-0.2, -0.15) is 5.10 Å². The van der Waals surface area contributed by atoms with Crippen molar-refractivity contribution in [2.45, 2.75) is 32.7 Å². The Labute approximate surface area is 109 Å². The highest BCUT2D eigenvalue weighted by Gasteiger charge is 2.44. The number of aliphatic carboxylic acids is 1. The maximum atomic E-state index is 12.3. The molecule has 0 aliphatic heterocycles. The monoisotopic (exact) mass is 261 g/mol. The van der Waals surface area contributed by atoms with Crippen LogP contribution in [0.3, 0.4) is 0 Å². The number of carboxylic acid groups (broad SMARTS) is 1. The molecular formula is C13H15N3O3. The van der Waals surface area contributed by atoms with Gasteiger partial charge in [-0.05, 0) is 31.2 Å². The Morgan fingerprint density at radius 1 is 1.47 bits per heavy atom. The van der Waals surface area contributed by atoms with E-state index in [0.717, 1.165) is 18.5 Å². The number of carboxylic acids is 1. The average molecular weight is 261 g/mol. The molecule has 6 heteroatoms. The zero-order valence-electron chi connectivity index (χ0n) is 10.7. The van der Waals surface area contributed by atoms with E-state index in [-0.39, 0.29) is 17.4 Å². The van der Waals surface area contributed by atoms with Crippen LogP contribution in [0.4, 0.5) is 0 Å². The van der Waals surface area contributed by atoms with Crippen LogP contribution in [0.1, 0.15) is 25.0 Å². The summed E-state index contributed by atoms with van der Waals surface area (Å²) in [6.45, 7) is 2.31. The van der Waals surface area contributed by atoms with Crippen molar-refractivity contribution < 1.29 is 9.90 Å². The molecule has 19 heavy (non-hydrogen) atoms. The van der Waals surface area contributed by atoms with E-state index in [1.165, 1.54) is 0 Å². The molecule has 1 aliphatic carbocycles. The fraction of sp³-hybridized carbons (Fsp3) is 0.462. The molecule has 0 atom stereocenters. The molecule has 6 nitrogen and oxygen atoms in total. The summed E-state index contributed by atoms with van der Waals surface area (Å²) in [7, 11) is 0. The molecule has 0 amide bonds. The fourth-order valence-corrected chi connectivity index (χ4v) is 2.52. The predicted octanol–water partition coefficient (Wildman–Crippen LogP) is 1.06. The van der Waals surface area contributed by atoms with Gasteiger partial charge in [0.05, 0.1) is 12.1 Å². The van der Waals surface area contributed by atoms with Gasteiger partial charge in [-0.25, -0.2) is 4.52 Å². The van der Waals surface area contributed by atoms with E-state index in [0.29, 0.717) is 12.1 Å². The predicted molar refractivity (Wildman–Crippen MR) is 68.1 cm³/mol. The van der Waals surface area contributed by atoms with Gasteiger partial charge >= 0.3 is 5.97 Å². The second-order valence-electron chi connectivity index (χ2n) is 5.42. The Kier molecular flexibility index (Phi) is 2.48. The van der Waals surface area contributed by atoms with Gasteiger partial charge in [0.1, 0.15) is 5.52 Å². The molecule has 0 spiro atoms. The van der Waals surface area contributed by atoms with Gasteiger partial charge < -0.3 is 9.67 Å². The molecule has 0 radical (unpaired) electrons. The number of aryl methyl sites for hydroxylation is 1. The lowest BCUT2D eigenvalue weighted by atomic mass is 10.0. The number of nitrogens with zero attached hydrogens (tertiary/aromatic N) is 3. The van der Waals surface area contributed by atoms with E-state index in [2.05, 4.69) is 5.10 Å². The van der Waals surface area contributed by atoms with Gasteiger partial charge in [0.15, 0.2) is 0 Å². The normalized spacial score (nSPS) is 16.7. The second kappa shape index (κ2) is 3.94. The molecule has 3 rings (SSSR count). The minimum Gasteiger partial charge on any atom is -0.481 e. The van der Waals surface area contributed by atoms with E-state index in [1.54, 1.807) is 27.5 Å². The summed E-state index contributed by atoms with van der Waals surface area (Å²) in [6.07, 6.45) is 5.29. The lowest BCUT2D eigenvalue weighted by Gasteiger charge is -2.14. The first-order valence-electron chi connectivity index (χ1n) is 6.26. The van der Waals surface area contributed by atoms with Crippen molar-refractivity contribution in [1.29, 1.82) is 0 Å². The molecule has 0 saturated heterocycles. The van der Waals surface area contributed by atoms with Crippen molar-refractivity contribution >= 4 is 11.5 Å². The number of rotatable bonds is 4. The van der Waals surface area contributed by atoms with Gasteiger partial charge in [0.25, 0.3) is 5.56 Å². The molecule has 0 unspecified atom stereocenters. The van der Waals surface area contributed by atoms with Crippen LogP contribution in [0.15, 0.2) is 23.3 Å². The number of carbonyl (C=O) groups is 1. The van der Waals surface area contributed by atoms with Crippen molar-refractivity contribution in [3.8, 4) is 0 Å². The van der Waals surface area contributed by atoms with E-state index < -0.39 is 5.97 Å². The highest BCUT2D eigenvalue weighted by Crippen LogP contribution is 2.49. The van der Waals surface area contributed by atoms with E-state index in [9.17, 15) is 9.59 Å². The highest BCUT2D eigenvalue weighted by molar-refractivity contribution is 5.68. The third-order valence-corrected chi connectivity index (χ3v) is 3.71. The van der Waals surface area contributed by atoms with Crippen molar-refractivity contribution in [2.24, 2.45) is 5.41 Å². The fourth-order valence-electron chi connectivity index (χ4n) is 2.52. The Morgan fingerprint density at radius 3 is 2.84 bits per heavy atom. The smallest absolute Gasteiger partial charge is 0.303 e. The number of hydrogen-bond acceptors (Lipinski definition) is 3. The summed E-state index contributed by atoms with van der Waals surface area (Å²) in [6, 6.07) is 1.75. The molecule has 1 fully saturated rings. The Bertz CT molecular complexity index is 709. The summed E-state index contributed by atoms with van der Waals surface area (Å²) in [4.78, 5) is 23.1. The molecule has 100 valence electrons. The van der Waals surface area contributed by atoms with Crippen LogP contribution in [0, 0.1) is 12.3 Å². The van der Waals surface area contributed by atoms with Gasteiger partial charge in [0, 0.05) is 18.9 Å². The average Bonchev–Trinajstić information content (AvgIpc) is 2.94. The van der Waals surface area contributed by atoms with Crippen LogP contribution in [-0.2, 0) is 11.3 Å². The second-order valence-corrected chi connectivity index (χ2v) is 5.42. The topological polar surface area (TPSA) is 76.6 Å². The Balaban J connectivity index is 1.95. The first kappa shape index (κ1) is 12.0. The SMILES string of the molecule is Cc1cc2c(=O)n(CC3(CC(=O)O)CC3)ccn2n1. The third-order valence-electron chi connectivity index (χ3n) is 3.71. The minimum absolute atomic E-state index is 0.111. The molecule has 2 heterocycles. The van der Waals surface area contributed by atoms with Crippen LogP contribution in [0.2, 0.25) is 0 Å². The standard InChI is InChI=1S/C13H15N3O3/c1-9-6-10-12(19)15(4-5-16(10)14-9)8-13(2-3-13)7-11(17)18/h4-6H,2-3,7-8H2,1H3,(H,17,18). The summed E-state index contributed by atoms with van der Waals surface area (Å²) in [5, 5.41) is 13.1. The quantitative estimate of drug-likeness (QED) is 0.892. The Hall–Kier alpha value is -2.11. The van der Waals surface area contributed by atoms with Gasteiger partial charge in [-0.1, -0.05) is 0 Å². The van der Waals surface area contributed by atoms with Crippen LogP contribution < -0.4 is 5.56 Å². The number of hydrogen-bond donors (Lipinski definition) is 1. The number of fused-ring (bicyclic) bond motifs is 1. The van der Waals surface area contributed by atoms with Crippen molar-refractivity contribution in [1.82, 2.24) is 14.2 Å². The molecule has 0 aromatic carbocycles. The molecule has 1 N–H and O–H groups in total. The maximum absolute atomic E-state index is 12.3. The first-order chi connectivity index (χ1) is 8.99. The Morgan fingerprint density at radius 2 is 2.21 bits per heavy atom. The highest BCUT2D eigenvalue weighted by atomic mass is 16.4. The van der Waals surface area contributed by atoms with E-state index >= 15 is 0 Å². The summed E-state index contributed by atoms with van der Waals surface area (Å²) in [5.41, 5.74) is 0.982. The number of aromatic nitrogens is 3. The van der Waals surface area contributed by atoms with Crippen molar-refractivity contribution in [2.75, 3.05) is 0 Å². The van der Waals surface area contributed by atoms with E-state index in [4.69, 9.17) is 5.11 Å². The molecule has 1 aliphatic rings. The van der Waals surface area contributed by atoms with Crippen LogP contribution in [-0.4, -0.2) is 25.3 Å². The van der Waals surface area contributed by atoms with Crippen molar-refractivity contribution in [3.63, 3.8) is 0 Å².